The van der Waals surface area contributed by atoms with E-state index in [1.165, 1.54) is 7.05 Å². The van der Waals surface area contributed by atoms with E-state index >= 15 is 0 Å². The number of amides is 1. The minimum Gasteiger partial charge on any atom is -0.480 e. The quantitative estimate of drug-likeness (QED) is 0.633. The van der Waals surface area contributed by atoms with Gasteiger partial charge in [-0.2, -0.15) is 0 Å². The largest absolute Gasteiger partial charge is 0.480 e. The maximum Gasteiger partial charge on any atom is 0.330 e. The zero-order chi connectivity index (χ0) is 13.0. The molecule has 2 N–H and O–H groups in total. The Morgan fingerprint density at radius 1 is 1.53 bits per heavy atom. The lowest BCUT2D eigenvalue weighted by molar-refractivity contribution is -0.148. The van der Waals surface area contributed by atoms with Gasteiger partial charge in [0.2, 0.25) is 0 Å². The first kappa shape index (κ1) is 13.9. The van der Waals surface area contributed by atoms with Crippen LogP contribution >= 0.6 is 0 Å². The van der Waals surface area contributed by atoms with Gasteiger partial charge in [-0.05, 0) is 33.5 Å². The number of likely N-dealkylation sites (N-methyl/N-ethyl adjacent to an activating group) is 3. The Labute approximate surface area is 102 Å². The number of hydrogen-bond acceptors (Lipinski definition) is 4. The van der Waals surface area contributed by atoms with Gasteiger partial charge in [0.15, 0.2) is 6.04 Å². The molecule has 2 atom stereocenters. The number of nitrogens with zero attached hydrogens (tertiary/aromatic N) is 2. The molecule has 1 saturated heterocycles. The van der Waals surface area contributed by atoms with Crippen LogP contribution < -0.4 is 5.32 Å². The lowest BCUT2D eigenvalue weighted by Gasteiger charge is -2.36. The van der Waals surface area contributed by atoms with Crippen molar-refractivity contribution in [2.24, 2.45) is 0 Å². The fourth-order valence-corrected chi connectivity index (χ4v) is 2.19. The van der Waals surface area contributed by atoms with Gasteiger partial charge in [-0.3, -0.25) is 10.1 Å². The van der Waals surface area contributed by atoms with E-state index in [4.69, 9.17) is 5.11 Å². The third-order valence-corrected chi connectivity index (χ3v) is 3.28. The second kappa shape index (κ2) is 5.97. The van der Waals surface area contributed by atoms with Crippen molar-refractivity contribution in [1.82, 2.24) is 15.1 Å². The van der Waals surface area contributed by atoms with Crippen LogP contribution in [0.2, 0.25) is 0 Å². The summed E-state index contributed by atoms with van der Waals surface area (Å²) in [5.41, 5.74) is 0. The van der Waals surface area contributed by atoms with Crippen LogP contribution in [0.15, 0.2) is 0 Å². The van der Waals surface area contributed by atoms with Gasteiger partial charge >= 0.3 is 5.97 Å². The van der Waals surface area contributed by atoms with Gasteiger partial charge in [0.1, 0.15) is 0 Å². The van der Waals surface area contributed by atoms with Gasteiger partial charge in [0.25, 0.3) is 5.91 Å². The molecule has 0 aromatic rings. The molecule has 0 aromatic carbocycles. The maximum absolute atomic E-state index is 12.0. The van der Waals surface area contributed by atoms with E-state index in [-0.39, 0.29) is 11.9 Å². The summed E-state index contributed by atoms with van der Waals surface area (Å²) >= 11 is 0. The summed E-state index contributed by atoms with van der Waals surface area (Å²) in [5.74, 6) is -1.51. The number of nitrogens with one attached hydrogen (secondary N) is 1. The van der Waals surface area contributed by atoms with Gasteiger partial charge < -0.3 is 14.9 Å². The van der Waals surface area contributed by atoms with Crippen LogP contribution in [0.25, 0.3) is 0 Å². The SMILES string of the molecule is CNC(C(=O)O)C(=O)N(C)C1CCCN(C)C1. The van der Waals surface area contributed by atoms with Crippen molar-refractivity contribution < 1.29 is 14.7 Å². The summed E-state index contributed by atoms with van der Waals surface area (Å²) in [4.78, 5) is 26.6. The van der Waals surface area contributed by atoms with Crippen LogP contribution in [0.5, 0.6) is 0 Å². The number of carbonyl (C=O) groups excluding carboxylic acids is 1. The van der Waals surface area contributed by atoms with E-state index in [1.807, 2.05) is 7.05 Å². The smallest absolute Gasteiger partial charge is 0.330 e. The van der Waals surface area contributed by atoms with E-state index in [1.54, 1.807) is 11.9 Å². The zero-order valence-electron chi connectivity index (χ0n) is 10.6. The third-order valence-electron chi connectivity index (χ3n) is 3.28. The van der Waals surface area contributed by atoms with Crippen LogP contribution in [0.3, 0.4) is 0 Å². The Balaban J connectivity index is 2.64. The van der Waals surface area contributed by atoms with Gasteiger partial charge in [-0.1, -0.05) is 0 Å². The summed E-state index contributed by atoms with van der Waals surface area (Å²) < 4.78 is 0. The van der Waals surface area contributed by atoms with E-state index in [9.17, 15) is 9.59 Å². The Bertz CT molecular complexity index is 296. The van der Waals surface area contributed by atoms with E-state index in [0.29, 0.717) is 0 Å². The predicted octanol–water partition coefficient (Wildman–Crippen LogP) is -0.788. The summed E-state index contributed by atoms with van der Waals surface area (Å²) in [5, 5.41) is 11.5. The second-order valence-corrected chi connectivity index (χ2v) is 4.57. The Morgan fingerprint density at radius 3 is 2.65 bits per heavy atom. The first-order valence-corrected chi connectivity index (χ1v) is 5.82. The Morgan fingerprint density at radius 2 is 2.18 bits per heavy atom. The van der Waals surface area contributed by atoms with Crippen molar-refractivity contribution in [3.8, 4) is 0 Å². The average Bonchev–Trinajstić information content (AvgIpc) is 2.28. The fraction of sp³-hybridized carbons (Fsp3) is 0.818. The number of likely N-dealkylation sites (tertiary alicyclic amines) is 1. The zero-order valence-corrected chi connectivity index (χ0v) is 10.6. The minimum atomic E-state index is -1.15. The highest BCUT2D eigenvalue weighted by Gasteiger charge is 2.32. The molecular formula is C11H21N3O3. The summed E-state index contributed by atoms with van der Waals surface area (Å²) in [7, 11) is 5.17. The lowest BCUT2D eigenvalue weighted by Crippen LogP contribution is -2.54. The lowest BCUT2D eigenvalue weighted by atomic mass is 10.0. The first-order valence-electron chi connectivity index (χ1n) is 5.82. The molecule has 0 saturated carbocycles. The highest BCUT2D eigenvalue weighted by molar-refractivity contribution is 6.01. The first-order chi connectivity index (χ1) is 7.97. The monoisotopic (exact) mass is 243 g/mol. The van der Waals surface area contributed by atoms with Crippen LogP contribution in [0.1, 0.15) is 12.8 Å². The third kappa shape index (κ3) is 3.41. The number of aliphatic carboxylic acids is 1. The van der Waals surface area contributed by atoms with Gasteiger partial charge in [-0.15, -0.1) is 0 Å². The molecule has 0 aromatic heterocycles. The normalized spacial score (nSPS) is 23.1. The van der Waals surface area contributed by atoms with Crippen LogP contribution in [0, 0.1) is 0 Å². The highest BCUT2D eigenvalue weighted by atomic mass is 16.4. The number of carboxylic acids is 1. The summed E-state index contributed by atoms with van der Waals surface area (Å²) in [6, 6.07) is -1.04. The molecule has 0 spiro atoms. The van der Waals surface area contributed by atoms with E-state index < -0.39 is 12.0 Å². The molecular weight excluding hydrogens is 222 g/mol. The summed E-state index contributed by atoms with van der Waals surface area (Å²) in [6.07, 6.45) is 1.97. The highest BCUT2D eigenvalue weighted by Crippen LogP contribution is 2.14. The molecule has 0 aliphatic carbocycles. The molecule has 17 heavy (non-hydrogen) atoms. The van der Waals surface area contributed by atoms with Crippen LogP contribution in [-0.4, -0.2) is 73.1 Å². The van der Waals surface area contributed by atoms with E-state index in [0.717, 1.165) is 25.9 Å². The number of carboxylic acid groups (broad SMARTS) is 1. The van der Waals surface area contributed by atoms with Crippen LogP contribution in [-0.2, 0) is 9.59 Å². The molecule has 1 aliphatic rings. The standard InChI is InChI=1S/C11H21N3O3/c1-12-9(11(16)17)10(15)14(3)8-5-4-6-13(2)7-8/h8-9,12H,4-7H2,1-3H3,(H,16,17). The molecule has 98 valence electrons. The molecule has 0 radical (unpaired) electrons. The summed E-state index contributed by atoms with van der Waals surface area (Å²) in [6.45, 7) is 1.84. The van der Waals surface area contributed by atoms with Crippen molar-refractivity contribution in [3.63, 3.8) is 0 Å². The maximum atomic E-state index is 12.0. The average molecular weight is 243 g/mol. The van der Waals surface area contributed by atoms with Gasteiger partial charge in [0, 0.05) is 19.6 Å². The van der Waals surface area contributed by atoms with Crippen molar-refractivity contribution in [2.45, 2.75) is 24.9 Å². The predicted molar refractivity (Wildman–Crippen MR) is 63.8 cm³/mol. The molecule has 1 rings (SSSR count). The Hall–Kier alpha value is -1.14. The molecule has 2 unspecified atom stereocenters. The number of hydrogen-bond donors (Lipinski definition) is 2. The Kier molecular flexibility index (Phi) is 4.89. The van der Waals surface area contributed by atoms with Crippen LogP contribution in [0.4, 0.5) is 0 Å². The molecule has 1 amide bonds. The van der Waals surface area contributed by atoms with Crippen molar-refractivity contribution in [2.75, 3.05) is 34.2 Å². The van der Waals surface area contributed by atoms with Crippen molar-refractivity contribution in [1.29, 1.82) is 0 Å². The molecule has 1 heterocycles. The van der Waals surface area contributed by atoms with Crippen molar-refractivity contribution >= 4 is 11.9 Å². The molecule has 6 heteroatoms. The minimum absolute atomic E-state index is 0.108. The number of rotatable bonds is 4. The second-order valence-electron chi connectivity index (χ2n) is 4.57. The fourth-order valence-electron chi connectivity index (χ4n) is 2.19. The topological polar surface area (TPSA) is 72.9 Å². The molecule has 0 bridgehead atoms. The molecule has 6 nitrogen and oxygen atoms in total. The van der Waals surface area contributed by atoms with Gasteiger partial charge in [-0.25, -0.2) is 4.79 Å². The molecule has 1 aliphatic heterocycles. The molecule has 1 fully saturated rings. The van der Waals surface area contributed by atoms with Crippen molar-refractivity contribution in [3.05, 3.63) is 0 Å². The number of carbonyl (C=O) groups is 2. The number of piperidine rings is 1. The van der Waals surface area contributed by atoms with E-state index in [2.05, 4.69) is 10.2 Å². The van der Waals surface area contributed by atoms with Gasteiger partial charge in [0.05, 0.1) is 0 Å².